The highest BCUT2D eigenvalue weighted by atomic mass is 32.2. The number of ketones is 1. The van der Waals surface area contributed by atoms with E-state index < -0.39 is 5.97 Å². The van der Waals surface area contributed by atoms with Gasteiger partial charge in [-0.1, -0.05) is 23.1 Å². The number of nitrogens with two attached hydrogens (primary N) is 1. The first-order valence-corrected chi connectivity index (χ1v) is 9.78. The van der Waals surface area contributed by atoms with Crippen molar-refractivity contribution in [3.63, 3.8) is 0 Å². The maximum atomic E-state index is 12.2. The minimum Gasteiger partial charge on any atom is -0.462 e. The average Bonchev–Trinajstić information content (AvgIpc) is 3.09. The molecule has 0 radical (unpaired) electrons. The number of thiophene rings is 1. The van der Waals surface area contributed by atoms with E-state index in [2.05, 4.69) is 15.5 Å². The van der Waals surface area contributed by atoms with Crippen LogP contribution in [-0.2, 0) is 9.53 Å². The fourth-order valence-electron chi connectivity index (χ4n) is 1.96. The maximum absolute atomic E-state index is 12.2. The number of esters is 1. The number of carbonyl (C=O) groups is 3. The molecule has 0 aromatic carbocycles. The van der Waals surface area contributed by atoms with E-state index in [4.69, 9.17) is 10.5 Å². The summed E-state index contributed by atoms with van der Waals surface area (Å²) in [7, 11) is 0. The van der Waals surface area contributed by atoms with Crippen LogP contribution in [0.2, 0.25) is 0 Å². The van der Waals surface area contributed by atoms with Gasteiger partial charge in [0.1, 0.15) is 5.00 Å². The molecule has 2 aromatic rings. The first kappa shape index (κ1) is 19.3. The number of thioether (sulfide) groups is 1. The number of ether oxygens (including phenoxy) is 1. The molecule has 11 heteroatoms. The van der Waals surface area contributed by atoms with Gasteiger partial charge in [0, 0.05) is 0 Å². The number of nitrogen functional groups attached to an aromatic ring is 1. The van der Waals surface area contributed by atoms with Crippen LogP contribution in [0.5, 0.6) is 0 Å². The van der Waals surface area contributed by atoms with Crippen molar-refractivity contribution < 1.29 is 19.1 Å². The van der Waals surface area contributed by atoms with E-state index in [0.29, 0.717) is 24.9 Å². The number of nitrogens with zero attached hydrogens (tertiary/aromatic N) is 2. The Morgan fingerprint density at radius 3 is 2.56 bits per heavy atom. The molecule has 25 heavy (non-hydrogen) atoms. The highest BCUT2D eigenvalue weighted by molar-refractivity contribution is 8.01. The minimum atomic E-state index is -0.566. The van der Waals surface area contributed by atoms with Gasteiger partial charge in [-0.3, -0.25) is 9.59 Å². The number of rotatable bonds is 7. The first-order chi connectivity index (χ1) is 11.8. The number of hydrogen-bond donors (Lipinski definition) is 2. The summed E-state index contributed by atoms with van der Waals surface area (Å²) in [5.41, 5.74) is 6.22. The van der Waals surface area contributed by atoms with Gasteiger partial charge >= 0.3 is 5.97 Å². The normalized spacial score (nSPS) is 10.5. The summed E-state index contributed by atoms with van der Waals surface area (Å²) in [6, 6.07) is 0. The quantitative estimate of drug-likeness (QED) is 0.413. The molecule has 0 aliphatic heterocycles. The Hall–Kier alpha value is -1.98. The molecule has 0 unspecified atom stereocenters. The number of Topliss-reactive ketones (excluding diaryl/α,β-unsaturated/α-hetero) is 1. The summed E-state index contributed by atoms with van der Waals surface area (Å²) in [5.74, 6) is -1.000. The van der Waals surface area contributed by atoms with Crippen molar-refractivity contribution in [3.8, 4) is 0 Å². The molecular weight excluding hydrogens is 384 g/mol. The number of amides is 1. The Labute approximate surface area is 156 Å². The summed E-state index contributed by atoms with van der Waals surface area (Å²) in [6.45, 7) is 4.96. The summed E-state index contributed by atoms with van der Waals surface area (Å²) in [4.78, 5) is 36.5. The van der Waals surface area contributed by atoms with Crippen LogP contribution in [0.4, 0.5) is 10.1 Å². The Balaban J connectivity index is 2.16. The molecule has 0 saturated carbocycles. The van der Waals surface area contributed by atoms with E-state index in [1.54, 1.807) is 13.8 Å². The average molecular weight is 401 g/mol. The van der Waals surface area contributed by atoms with Gasteiger partial charge in [-0.2, -0.15) is 0 Å². The zero-order valence-electron chi connectivity index (χ0n) is 13.7. The lowest BCUT2D eigenvalue weighted by Gasteiger charge is -2.06. The van der Waals surface area contributed by atoms with Gasteiger partial charge in [-0.25, -0.2) is 4.79 Å². The Bertz CT molecular complexity index is 815. The maximum Gasteiger partial charge on any atom is 0.341 e. The van der Waals surface area contributed by atoms with Gasteiger partial charge in [-0.15, -0.1) is 21.5 Å². The second-order valence-electron chi connectivity index (χ2n) is 4.78. The van der Waals surface area contributed by atoms with Crippen LogP contribution in [0.1, 0.15) is 39.4 Å². The van der Waals surface area contributed by atoms with E-state index >= 15 is 0 Å². The molecule has 0 bridgehead atoms. The van der Waals surface area contributed by atoms with Crippen LogP contribution in [0.3, 0.4) is 0 Å². The van der Waals surface area contributed by atoms with Crippen LogP contribution in [0, 0.1) is 6.92 Å². The molecule has 0 saturated heterocycles. The van der Waals surface area contributed by atoms with Crippen molar-refractivity contribution in [1.29, 1.82) is 0 Å². The monoisotopic (exact) mass is 400 g/mol. The van der Waals surface area contributed by atoms with Crippen LogP contribution in [0.15, 0.2) is 4.34 Å². The summed E-state index contributed by atoms with van der Waals surface area (Å²) in [5, 5.41) is 10.8. The van der Waals surface area contributed by atoms with Crippen molar-refractivity contribution in [2.75, 3.05) is 23.4 Å². The predicted octanol–water partition coefficient (Wildman–Crippen LogP) is 2.60. The van der Waals surface area contributed by atoms with E-state index in [-0.39, 0.29) is 29.6 Å². The second-order valence-corrected chi connectivity index (χ2v) is 8.03. The topological polar surface area (TPSA) is 124 Å². The van der Waals surface area contributed by atoms with Crippen LogP contribution in [0.25, 0.3) is 0 Å². The summed E-state index contributed by atoms with van der Waals surface area (Å²) < 4.78 is 5.60. The Morgan fingerprint density at radius 2 is 2.00 bits per heavy atom. The van der Waals surface area contributed by atoms with Crippen molar-refractivity contribution in [2.45, 2.75) is 25.1 Å². The Kier molecular flexibility index (Phi) is 6.51. The second kappa shape index (κ2) is 8.41. The fourth-order valence-corrected chi connectivity index (χ4v) is 4.50. The predicted molar refractivity (Wildman–Crippen MR) is 98.7 cm³/mol. The van der Waals surface area contributed by atoms with Crippen molar-refractivity contribution in [2.24, 2.45) is 0 Å². The van der Waals surface area contributed by atoms with Crippen molar-refractivity contribution >= 4 is 62.2 Å². The van der Waals surface area contributed by atoms with Gasteiger partial charge in [0.2, 0.25) is 11.0 Å². The zero-order chi connectivity index (χ0) is 18.6. The van der Waals surface area contributed by atoms with Crippen LogP contribution in [-0.4, -0.2) is 40.2 Å². The van der Waals surface area contributed by atoms with Crippen molar-refractivity contribution in [1.82, 2.24) is 10.2 Å². The molecule has 2 heterocycles. The fraction of sp³-hybridized carbons (Fsp3) is 0.357. The zero-order valence-corrected chi connectivity index (χ0v) is 16.2. The third kappa shape index (κ3) is 4.77. The lowest BCUT2D eigenvalue weighted by atomic mass is 10.1. The summed E-state index contributed by atoms with van der Waals surface area (Å²) >= 11 is 3.43. The highest BCUT2D eigenvalue weighted by Crippen LogP contribution is 2.34. The van der Waals surface area contributed by atoms with E-state index in [1.807, 2.05) is 0 Å². The van der Waals surface area contributed by atoms with Gasteiger partial charge in [0.05, 0.1) is 22.8 Å². The SMILES string of the molecule is CCOC(=O)c1c(NC(=O)CSc2nnc(N)s2)sc(C(C)=O)c1C. The van der Waals surface area contributed by atoms with E-state index in [9.17, 15) is 14.4 Å². The molecule has 134 valence electrons. The molecule has 0 atom stereocenters. The smallest absolute Gasteiger partial charge is 0.341 e. The lowest BCUT2D eigenvalue weighted by Crippen LogP contribution is -2.16. The molecular formula is C14H16N4O4S3. The number of carbonyl (C=O) groups excluding carboxylic acids is 3. The number of hydrogen-bond acceptors (Lipinski definition) is 10. The molecule has 0 aliphatic rings. The molecule has 3 N–H and O–H groups in total. The largest absolute Gasteiger partial charge is 0.462 e. The third-order valence-corrected chi connectivity index (χ3v) is 6.14. The number of nitrogens with one attached hydrogen (secondary N) is 1. The van der Waals surface area contributed by atoms with Gasteiger partial charge in [0.25, 0.3) is 0 Å². The van der Waals surface area contributed by atoms with Gasteiger partial charge in [0.15, 0.2) is 10.1 Å². The Morgan fingerprint density at radius 1 is 1.28 bits per heavy atom. The lowest BCUT2D eigenvalue weighted by molar-refractivity contribution is -0.113. The molecule has 2 rings (SSSR count). The molecule has 8 nitrogen and oxygen atoms in total. The molecule has 0 aliphatic carbocycles. The van der Waals surface area contributed by atoms with E-state index in [1.165, 1.54) is 30.0 Å². The molecule has 0 spiro atoms. The van der Waals surface area contributed by atoms with Crippen LogP contribution < -0.4 is 11.1 Å². The molecule has 0 fully saturated rings. The minimum absolute atomic E-state index is 0.0727. The number of aromatic nitrogens is 2. The highest BCUT2D eigenvalue weighted by Gasteiger charge is 2.25. The van der Waals surface area contributed by atoms with E-state index in [0.717, 1.165) is 11.3 Å². The molecule has 2 aromatic heterocycles. The summed E-state index contributed by atoms with van der Waals surface area (Å²) in [6.07, 6.45) is 0. The van der Waals surface area contributed by atoms with Crippen LogP contribution >= 0.6 is 34.4 Å². The first-order valence-electron chi connectivity index (χ1n) is 7.16. The van der Waals surface area contributed by atoms with Gasteiger partial charge < -0.3 is 15.8 Å². The third-order valence-electron chi connectivity index (χ3n) is 2.95. The van der Waals surface area contributed by atoms with Gasteiger partial charge in [-0.05, 0) is 26.3 Å². The molecule has 1 amide bonds. The van der Waals surface area contributed by atoms with Crippen molar-refractivity contribution in [3.05, 3.63) is 16.0 Å². The standard InChI is InChI=1S/C14H16N4O4S3/c1-4-22-12(21)9-6(2)10(7(3)19)24-11(9)16-8(20)5-23-14-18-17-13(15)25-14/h4-5H2,1-3H3,(H2,15,17)(H,16,20). The number of anilines is 2.